The van der Waals surface area contributed by atoms with Gasteiger partial charge < -0.3 is 15.4 Å². The molecule has 2 N–H and O–H groups in total. The first kappa shape index (κ1) is 19.9. The minimum Gasteiger partial charge on any atom is -0.490 e. The highest BCUT2D eigenvalue weighted by Crippen LogP contribution is 2.28. The topological polar surface area (TPSA) is 111 Å². The number of carbonyl (C=O) groups excluding carboxylic acids is 2. The van der Waals surface area contributed by atoms with Crippen molar-refractivity contribution < 1.29 is 19.2 Å². The van der Waals surface area contributed by atoms with Gasteiger partial charge in [-0.2, -0.15) is 0 Å². The van der Waals surface area contributed by atoms with Crippen molar-refractivity contribution in [3.05, 3.63) is 63.2 Å². The van der Waals surface area contributed by atoms with Crippen LogP contribution >= 0.6 is 0 Å². The first-order valence-electron chi connectivity index (χ1n) is 8.28. The molecule has 0 heterocycles. The molecule has 0 spiro atoms. The van der Waals surface area contributed by atoms with Crippen molar-refractivity contribution in [2.75, 3.05) is 12.4 Å². The maximum atomic E-state index is 12.5. The molecule has 2 rings (SSSR count). The molecule has 0 radical (unpaired) electrons. The first-order chi connectivity index (χ1) is 12.7. The summed E-state index contributed by atoms with van der Waals surface area (Å²) >= 11 is 0. The molecule has 27 heavy (non-hydrogen) atoms. The highest BCUT2D eigenvalue weighted by Gasteiger charge is 2.19. The second kappa shape index (κ2) is 8.31. The van der Waals surface area contributed by atoms with E-state index in [1.165, 1.54) is 19.2 Å². The van der Waals surface area contributed by atoms with Crippen LogP contribution in [0.15, 0.2) is 36.4 Å². The van der Waals surface area contributed by atoms with E-state index >= 15 is 0 Å². The number of hydrogen-bond acceptors (Lipinski definition) is 5. The highest BCUT2D eigenvalue weighted by molar-refractivity contribution is 6.05. The summed E-state index contributed by atoms with van der Waals surface area (Å²) in [6.45, 7) is 5.51. The van der Waals surface area contributed by atoms with E-state index in [0.29, 0.717) is 11.3 Å². The lowest BCUT2D eigenvalue weighted by molar-refractivity contribution is -0.385. The molecule has 0 aromatic heterocycles. The van der Waals surface area contributed by atoms with Crippen LogP contribution in [0, 0.1) is 17.0 Å². The van der Waals surface area contributed by atoms with E-state index in [0.717, 1.165) is 11.6 Å². The van der Waals surface area contributed by atoms with Crippen LogP contribution in [0.2, 0.25) is 0 Å². The lowest BCUT2D eigenvalue weighted by Crippen LogP contribution is -2.30. The quantitative estimate of drug-likeness (QED) is 0.598. The van der Waals surface area contributed by atoms with Crippen LogP contribution in [-0.4, -0.2) is 29.9 Å². The predicted octanol–water partition coefficient (Wildman–Crippen LogP) is 3.30. The van der Waals surface area contributed by atoms with Gasteiger partial charge in [-0.05, 0) is 50.6 Å². The van der Waals surface area contributed by atoms with Crippen molar-refractivity contribution in [3.8, 4) is 5.75 Å². The second-order valence-electron chi connectivity index (χ2n) is 6.26. The summed E-state index contributed by atoms with van der Waals surface area (Å²) in [7, 11) is 1.32. The average Bonchev–Trinajstić information content (AvgIpc) is 2.61. The summed E-state index contributed by atoms with van der Waals surface area (Å²) in [5, 5.41) is 16.6. The second-order valence-corrected chi connectivity index (χ2v) is 6.26. The molecule has 2 aromatic carbocycles. The molecule has 0 aliphatic carbocycles. The number of amides is 2. The highest BCUT2D eigenvalue weighted by atomic mass is 16.6. The summed E-state index contributed by atoms with van der Waals surface area (Å²) in [5.41, 5.74) is 1.44. The predicted molar refractivity (Wildman–Crippen MR) is 101 cm³/mol. The zero-order valence-corrected chi connectivity index (χ0v) is 15.5. The van der Waals surface area contributed by atoms with Crippen LogP contribution in [0.3, 0.4) is 0 Å². The van der Waals surface area contributed by atoms with Crippen molar-refractivity contribution in [3.63, 3.8) is 0 Å². The molecule has 0 saturated heterocycles. The van der Waals surface area contributed by atoms with Gasteiger partial charge in [-0.25, -0.2) is 0 Å². The molecule has 8 heteroatoms. The van der Waals surface area contributed by atoms with E-state index in [1.807, 2.05) is 13.8 Å². The lowest BCUT2D eigenvalue weighted by atomic mass is 10.1. The number of aryl methyl sites for hydroxylation is 1. The molecule has 0 aliphatic rings. The third-order valence-electron chi connectivity index (χ3n) is 3.80. The minimum absolute atomic E-state index is 0.0185. The third-order valence-corrected chi connectivity index (χ3v) is 3.80. The van der Waals surface area contributed by atoms with E-state index in [2.05, 4.69) is 10.6 Å². The van der Waals surface area contributed by atoms with Gasteiger partial charge >= 0.3 is 5.69 Å². The molecule has 142 valence electrons. The number of hydrogen-bond donors (Lipinski definition) is 2. The molecule has 0 aliphatic heterocycles. The van der Waals surface area contributed by atoms with Crippen LogP contribution in [0.4, 0.5) is 11.4 Å². The summed E-state index contributed by atoms with van der Waals surface area (Å²) in [4.78, 5) is 35.2. The van der Waals surface area contributed by atoms with Gasteiger partial charge in [-0.15, -0.1) is 0 Å². The van der Waals surface area contributed by atoms with Gasteiger partial charge in [0, 0.05) is 28.9 Å². The molecule has 0 unspecified atom stereocenters. The number of nitro groups is 1. The zero-order valence-electron chi connectivity index (χ0n) is 15.5. The Hall–Kier alpha value is -3.42. The number of benzene rings is 2. The van der Waals surface area contributed by atoms with E-state index in [4.69, 9.17) is 4.74 Å². The number of carbonyl (C=O) groups is 2. The Kier molecular flexibility index (Phi) is 6.12. The monoisotopic (exact) mass is 371 g/mol. The molecule has 8 nitrogen and oxygen atoms in total. The van der Waals surface area contributed by atoms with Gasteiger partial charge in [0.15, 0.2) is 5.75 Å². The standard InChI is InChI=1S/C19H21N3O5/c1-11(2)20-19(24)15-10-14(7-5-12(15)3)21-18(23)13-6-8-17(27-4)16(9-13)22(25)26/h5-11H,1-4H3,(H,20,24)(H,21,23). The summed E-state index contributed by atoms with van der Waals surface area (Å²) in [5.74, 6) is -0.696. The van der Waals surface area contributed by atoms with E-state index in [-0.39, 0.29) is 28.9 Å². The number of nitrogens with zero attached hydrogens (tertiary/aromatic N) is 1. The molecule has 2 amide bonds. The number of nitrogens with one attached hydrogen (secondary N) is 2. The van der Waals surface area contributed by atoms with Crippen molar-refractivity contribution in [2.24, 2.45) is 0 Å². The smallest absolute Gasteiger partial charge is 0.311 e. The SMILES string of the molecule is COc1ccc(C(=O)Nc2ccc(C)c(C(=O)NC(C)C)c2)cc1[N+](=O)[O-]. The fraction of sp³-hybridized carbons (Fsp3) is 0.263. The van der Waals surface area contributed by atoms with Gasteiger partial charge in [0.1, 0.15) is 0 Å². The van der Waals surface area contributed by atoms with Gasteiger partial charge in [0.2, 0.25) is 0 Å². The van der Waals surface area contributed by atoms with Gasteiger partial charge in [0.05, 0.1) is 12.0 Å². The van der Waals surface area contributed by atoms with Crippen molar-refractivity contribution in [2.45, 2.75) is 26.8 Å². The summed E-state index contributed by atoms with van der Waals surface area (Å²) in [6, 6.07) is 8.89. The number of ether oxygens (including phenoxy) is 1. The van der Waals surface area contributed by atoms with Gasteiger partial charge in [-0.1, -0.05) is 6.07 Å². The largest absolute Gasteiger partial charge is 0.490 e. The Bertz CT molecular complexity index is 893. The summed E-state index contributed by atoms with van der Waals surface area (Å²) < 4.78 is 4.93. The zero-order chi connectivity index (χ0) is 20.1. The number of anilines is 1. The van der Waals surface area contributed by atoms with Crippen LogP contribution in [0.25, 0.3) is 0 Å². The Morgan fingerprint density at radius 2 is 1.81 bits per heavy atom. The minimum atomic E-state index is -0.615. The third kappa shape index (κ3) is 4.81. The summed E-state index contributed by atoms with van der Waals surface area (Å²) in [6.07, 6.45) is 0. The molecule has 0 bridgehead atoms. The molecule has 0 fully saturated rings. The number of nitro benzene ring substituents is 1. The normalized spacial score (nSPS) is 10.4. The molecular weight excluding hydrogens is 350 g/mol. The number of methoxy groups -OCH3 is 1. The Balaban J connectivity index is 2.27. The average molecular weight is 371 g/mol. The van der Waals surface area contributed by atoms with Crippen LogP contribution in [-0.2, 0) is 0 Å². The Morgan fingerprint density at radius 3 is 2.41 bits per heavy atom. The van der Waals surface area contributed by atoms with Crippen molar-refractivity contribution in [1.29, 1.82) is 0 Å². The van der Waals surface area contributed by atoms with Crippen molar-refractivity contribution >= 4 is 23.2 Å². The van der Waals surface area contributed by atoms with E-state index in [9.17, 15) is 19.7 Å². The fourth-order valence-electron chi connectivity index (χ4n) is 2.46. The van der Waals surface area contributed by atoms with Gasteiger partial charge in [-0.3, -0.25) is 19.7 Å². The van der Waals surface area contributed by atoms with E-state index in [1.54, 1.807) is 25.1 Å². The fourth-order valence-corrected chi connectivity index (χ4v) is 2.46. The maximum absolute atomic E-state index is 12.5. The maximum Gasteiger partial charge on any atom is 0.311 e. The molecule has 2 aromatic rings. The molecular formula is C19H21N3O5. The molecule has 0 saturated carbocycles. The van der Waals surface area contributed by atoms with Gasteiger partial charge in [0.25, 0.3) is 11.8 Å². The van der Waals surface area contributed by atoms with Crippen LogP contribution in [0.5, 0.6) is 5.75 Å². The number of rotatable bonds is 6. The molecule has 0 atom stereocenters. The Morgan fingerprint density at radius 1 is 1.11 bits per heavy atom. The lowest BCUT2D eigenvalue weighted by Gasteiger charge is -2.13. The first-order valence-corrected chi connectivity index (χ1v) is 8.28. The van der Waals surface area contributed by atoms with E-state index < -0.39 is 10.8 Å². The van der Waals surface area contributed by atoms with Crippen LogP contribution in [0.1, 0.15) is 40.1 Å². The Labute approximate surface area is 156 Å². The van der Waals surface area contributed by atoms with Crippen molar-refractivity contribution in [1.82, 2.24) is 5.32 Å². The van der Waals surface area contributed by atoms with Crippen LogP contribution < -0.4 is 15.4 Å².